The molecule has 1 aliphatic heterocycles. The number of aromatic nitrogens is 2. The summed E-state index contributed by atoms with van der Waals surface area (Å²) < 4.78 is 6.81. The number of amides is 1. The third kappa shape index (κ3) is 4.79. The summed E-state index contributed by atoms with van der Waals surface area (Å²) in [4.78, 5) is 37.6. The Morgan fingerprint density at radius 2 is 1.91 bits per heavy atom. The van der Waals surface area contributed by atoms with Crippen LogP contribution >= 0.6 is 11.6 Å². The summed E-state index contributed by atoms with van der Waals surface area (Å²) in [5, 5.41) is 15.5. The second kappa shape index (κ2) is 9.64. The molecule has 0 saturated heterocycles. The zero-order valence-electron chi connectivity index (χ0n) is 18.8. The Bertz CT molecular complexity index is 1270. The fraction of sp³-hybridized carbons (Fsp3) is 0.292. The molecule has 0 unspecified atom stereocenters. The van der Waals surface area contributed by atoms with Crippen molar-refractivity contribution in [3.05, 3.63) is 85.7 Å². The lowest BCUT2D eigenvalue weighted by Gasteiger charge is -2.29. The van der Waals surface area contributed by atoms with Crippen molar-refractivity contribution in [1.82, 2.24) is 9.78 Å². The van der Waals surface area contributed by atoms with Crippen molar-refractivity contribution in [3.8, 4) is 0 Å². The van der Waals surface area contributed by atoms with Crippen LogP contribution in [0.5, 0.6) is 0 Å². The Morgan fingerprint density at radius 3 is 2.62 bits per heavy atom. The fourth-order valence-corrected chi connectivity index (χ4v) is 4.30. The number of fused-ring (bicyclic) bond motifs is 1. The summed E-state index contributed by atoms with van der Waals surface area (Å²) in [6, 6.07) is 12.3. The van der Waals surface area contributed by atoms with E-state index in [0.717, 1.165) is 16.7 Å². The molecule has 1 aliphatic rings. The molecule has 2 aromatic carbocycles. The lowest BCUT2D eigenvalue weighted by molar-refractivity contribution is -0.384. The molecule has 0 fully saturated rings. The van der Waals surface area contributed by atoms with Gasteiger partial charge in [0.1, 0.15) is 10.7 Å². The number of rotatable bonds is 6. The summed E-state index contributed by atoms with van der Waals surface area (Å²) in [5.41, 5.74) is 3.94. The van der Waals surface area contributed by atoms with Crippen molar-refractivity contribution in [2.45, 2.75) is 33.2 Å². The molecule has 0 spiro atoms. The van der Waals surface area contributed by atoms with Crippen LogP contribution in [0.1, 0.15) is 39.2 Å². The highest BCUT2D eigenvalue weighted by Gasteiger charge is 2.27. The lowest BCUT2D eigenvalue weighted by Crippen LogP contribution is -2.38. The largest absolute Gasteiger partial charge is 0.452 e. The Labute approximate surface area is 201 Å². The van der Waals surface area contributed by atoms with Gasteiger partial charge in [-0.05, 0) is 43.9 Å². The third-order valence-corrected chi connectivity index (χ3v) is 6.13. The number of carbonyl (C=O) groups excluding carboxylic acids is 2. The van der Waals surface area contributed by atoms with Crippen LogP contribution in [0.4, 0.5) is 11.4 Å². The first-order chi connectivity index (χ1) is 16.2. The second-order valence-corrected chi connectivity index (χ2v) is 8.55. The van der Waals surface area contributed by atoms with Gasteiger partial charge in [0.25, 0.3) is 11.6 Å². The first-order valence-corrected chi connectivity index (χ1v) is 11.2. The van der Waals surface area contributed by atoms with Crippen LogP contribution in [0.15, 0.2) is 42.5 Å². The molecular weight excluding hydrogens is 460 g/mol. The van der Waals surface area contributed by atoms with E-state index in [-0.39, 0.29) is 16.4 Å². The van der Waals surface area contributed by atoms with Gasteiger partial charge < -0.3 is 9.64 Å². The average Bonchev–Trinajstić information content (AvgIpc) is 3.10. The molecule has 0 saturated carbocycles. The highest BCUT2D eigenvalue weighted by Crippen LogP contribution is 2.30. The molecule has 10 heteroatoms. The van der Waals surface area contributed by atoms with Crippen LogP contribution in [0, 0.1) is 24.0 Å². The zero-order chi connectivity index (χ0) is 24.4. The van der Waals surface area contributed by atoms with E-state index in [2.05, 4.69) is 5.10 Å². The van der Waals surface area contributed by atoms with Crippen LogP contribution in [-0.2, 0) is 22.5 Å². The number of benzene rings is 2. The number of nitro groups is 1. The van der Waals surface area contributed by atoms with Gasteiger partial charge in [-0.3, -0.25) is 14.9 Å². The number of nitro benzene ring substituents is 1. The van der Waals surface area contributed by atoms with Gasteiger partial charge in [0, 0.05) is 24.4 Å². The van der Waals surface area contributed by atoms with Crippen molar-refractivity contribution in [3.63, 3.8) is 0 Å². The number of non-ortho nitro benzene ring substituents is 1. The Morgan fingerprint density at radius 1 is 1.18 bits per heavy atom. The number of anilines is 1. The summed E-state index contributed by atoms with van der Waals surface area (Å²) in [5.74, 6) is -1.14. The quantitative estimate of drug-likeness (QED) is 0.295. The van der Waals surface area contributed by atoms with Gasteiger partial charge in [-0.2, -0.15) is 5.10 Å². The Hall–Kier alpha value is -3.72. The minimum absolute atomic E-state index is 0.0211. The lowest BCUT2D eigenvalue weighted by atomic mass is 10.0. The van der Waals surface area contributed by atoms with E-state index in [0.29, 0.717) is 37.3 Å². The number of ether oxygens (including phenoxy) is 1. The number of hydrogen-bond acceptors (Lipinski definition) is 6. The first kappa shape index (κ1) is 23.4. The molecule has 0 radical (unpaired) electrons. The van der Waals surface area contributed by atoms with Crippen molar-refractivity contribution in [2.75, 3.05) is 18.1 Å². The van der Waals surface area contributed by atoms with E-state index < -0.39 is 23.4 Å². The van der Waals surface area contributed by atoms with Crippen LogP contribution < -0.4 is 4.90 Å². The van der Waals surface area contributed by atoms with Crippen molar-refractivity contribution in [1.29, 1.82) is 0 Å². The van der Waals surface area contributed by atoms with E-state index in [9.17, 15) is 19.7 Å². The molecule has 0 N–H and O–H groups in total. The van der Waals surface area contributed by atoms with E-state index in [4.69, 9.17) is 16.3 Å². The molecule has 9 nitrogen and oxygen atoms in total. The zero-order valence-corrected chi connectivity index (χ0v) is 19.5. The van der Waals surface area contributed by atoms with E-state index in [1.54, 1.807) is 13.0 Å². The normalized spacial score (nSPS) is 12.9. The summed E-state index contributed by atoms with van der Waals surface area (Å²) in [7, 11) is 0. The fourth-order valence-electron chi connectivity index (χ4n) is 3.99. The number of hydrogen-bond donors (Lipinski definition) is 0. The van der Waals surface area contributed by atoms with Crippen LogP contribution in [0.2, 0.25) is 5.15 Å². The van der Waals surface area contributed by atoms with Gasteiger partial charge in [-0.1, -0.05) is 41.4 Å². The maximum atomic E-state index is 12.8. The highest BCUT2D eigenvalue weighted by atomic mass is 35.5. The number of esters is 1. The average molecular weight is 483 g/mol. The van der Waals surface area contributed by atoms with Gasteiger partial charge in [-0.25, -0.2) is 9.48 Å². The monoisotopic (exact) mass is 482 g/mol. The second-order valence-electron chi connectivity index (χ2n) is 8.19. The molecular formula is C24H23ClN4O5. The number of carbonyl (C=O) groups is 2. The van der Waals surface area contributed by atoms with Gasteiger partial charge in [0.2, 0.25) is 0 Å². The third-order valence-electron chi connectivity index (χ3n) is 5.74. The smallest absolute Gasteiger partial charge is 0.343 e. The molecule has 176 valence electrons. The molecule has 1 aromatic heterocycles. The van der Waals surface area contributed by atoms with Gasteiger partial charge in [0.05, 0.1) is 17.2 Å². The SMILES string of the molecule is Cc1ccc(Cn2nc(C)c(C(=O)OCC(=O)N3CCCc4cc([N+](=O)[O-])ccc43)c2Cl)cc1. The van der Waals surface area contributed by atoms with E-state index >= 15 is 0 Å². The maximum Gasteiger partial charge on any atom is 0.343 e. The molecule has 3 aromatic rings. The Kier molecular flexibility index (Phi) is 6.65. The predicted octanol–water partition coefficient (Wildman–Crippen LogP) is 4.25. The molecule has 0 aliphatic carbocycles. The van der Waals surface area contributed by atoms with E-state index in [1.165, 1.54) is 21.7 Å². The summed E-state index contributed by atoms with van der Waals surface area (Å²) >= 11 is 6.43. The number of nitrogens with zero attached hydrogens (tertiary/aromatic N) is 4. The Balaban J connectivity index is 1.44. The van der Waals surface area contributed by atoms with Gasteiger partial charge in [-0.15, -0.1) is 0 Å². The van der Waals surface area contributed by atoms with Crippen LogP contribution in [-0.4, -0.2) is 39.7 Å². The minimum Gasteiger partial charge on any atom is -0.452 e. The minimum atomic E-state index is -0.730. The predicted molar refractivity (Wildman–Crippen MR) is 126 cm³/mol. The summed E-state index contributed by atoms with van der Waals surface area (Å²) in [6.45, 7) is 4.01. The standard InChI is InChI=1S/C24H23ClN4O5/c1-15-5-7-17(8-6-15)13-28-23(25)22(16(2)26-28)24(31)34-14-21(30)27-11-3-4-18-12-19(29(32)33)9-10-20(18)27/h5-10,12H,3-4,11,13-14H2,1-2H3. The van der Waals surface area contributed by atoms with E-state index in [1.807, 2.05) is 31.2 Å². The van der Waals surface area contributed by atoms with Gasteiger partial charge in [0.15, 0.2) is 6.61 Å². The number of aryl methyl sites for hydroxylation is 3. The number of halogens is 1. The molecule has 0 atom stereocenters. The molecule has 2 heterocycles. The summed E-state index contributed by atoms with van der Waals surface area (Å²) in [6.07, 6.45) is 1.29. The molecule has 34 heavy (non-hydrogen) atoms. The van der Waals surface area contributed by atoms with Crippen molar-refractivity contribution < 1.29 is 19.2 Å². The first-order valence-electron chi connectivity index (χ1n) is 10.8. The topological polar surface area (TPSA) is 108 Å². The van der Waals surface area contributed by atoms with Crippen LogP contribution in [0.3, 0.4) is 0 Å². The highest BCUT2D eigenvalue weighted by molar-refractivity contribution is 6.32. The molecule has 1 amide bonds. The van der Waals surface area contributed by atoms with Crippen molar-refractivity contribution >= 4 is 34.9 Å². The van der Waals surface area contributed by atoms with Gasteiger partial charge >= 0.3 is 5.97 Å². The molecule has 4 rings (SSSR count). The van der Waals surface area contributed by atoms with Crippen molar-refractivity contribution in [2.24, 2.45) is 0 Å². The molecule has 0 bridgehead atoms. The maximum absolute atomic E-state index is 12.8. The van der Waals surface area contributed by atoms with Crippen LogP contribution in [0.25, 0.3) is 0 Å².